The molecule has 1 aromatic heterocycles. The molecule has 1 amide bonds. The molecule has 5 nitrogen and oxygen atoms in total. The number of aromatic amines is 1. The summed E-state index contributed by atoms with van der Waals surface area (Å²) in [6.45, 7) is 4.75. The van der Waals surface area contributed by atoms with E-state index in [1.807, 2.05) is 18.2 Å². The highest BCUT2D eigenvalue weighted by Gasteiger charge is 2.25. The van der Waals surface area contributed by atoms with Gasteiger partial charge in [0.25, 0.3) is 5.91 Å². The molecule has 5 rings (SSSR count). The molecule has 1 saturated heterocycles. The third kappa shape index (κ3) is 4.49. The first kappa shape index (κ1) is 22.0. The fourth-order valence-corrected chi connectivity index (χ4v) is 5.37. The fourth-order valence-electron chi connectivity index (χ4n) is 5.37. The lowest BCUT2D eigenvalue weighted by atomic mass is 9.87. The number of nitrogens with one attached hydrogen (secondary N) is 2. The molecule has 2 aliphatic rings. The zero-order valence-electron chi connectivity index (χ0n) is 19.4. The fraction of sp³-hybridized carbons (Fsp3) is 0.444. The van der Waals surface area contributed by atoms with Gasteiger partial charge >= 0.3 is 0 Å². The second kappa shape index (κ2) is 9.18. The summed E-state index contributed by atoms with van der Waals surface area (Å²) in [5, 5.41) is 4.46. The van der Waals surface area contributed by atoms with E-state index in [0.29, 0.717) is 12.5 Å². The topological polar surface area (TPSA) is 57.4 Å². The third-order valence-electron chi connectivity index (χ3n) is 7.26. The maximum absolute atomic E-state index is 14.0. The van der Waals surface area contributed by atoms with Crippen molar-refractivity contribution in [1.29, 1.82) is 0 Å². The molecular weight excluding hydrogens is 417 g/mol. The van der Waals surface area contributed by atoms with E-state index >= 15 is 0 Å². The summed E-state index contributed by atoms with van der Waals surface area (Å²) >= 11 is 0. The van der Waals surface area contributed by atoms with Gasteiger partial charge in [0, 0.05) is 36.8 Å². The number of benzene rings is 2. The number of halogens is 1. The maximum Gasteiger partial charge on any atom is 0.253 e. The number of carbonyl (C=O) groups is 1. The number of hydrogen-bond donors (Lipinski definition) is 2. The Morgan fingerprint density at radius 3 is 2.79 bits per heavy atom. The molecular formula is C27H32FN3O2. The molecule has 2 heterocycles. The molecule has 174 valence electrons. The van der Waals surface area contributed by atoms with Crippen LogP contribution in [0.4, 0.5) is 4.39 Å². The lowest BCUT2D eigenvalue weighted by molar-refractivity contribution is 0.0910. The number of rotatable bonds is 5. The van der Waals surface area contributed by atoms with Gasteiger partial charge in [-0.05, 0) is 67.3 Å². The number of methoxy groups -OCH3 is 1. The molecule has 33 heavy (non-hydrogen) atoms. The minimum atomic E-state index is -0.327. The maximum atomic E-state index is 14.0. The Kier molecular flexibility index (Phi) is 6.11. The zero-order chi connectivity index (χ0) is 22.9. The van der Waals surface area contributed by atoms with Crippen LogP contribution < -0.4 is 10.1 Å². The van der Waals surface area contributed by atoms with E-state index in [-0.39, 0.29) is 23.5 Å². The zero-order valence-corrected chi connectivity index (χ0v) is 19.4. The third-order valence-corrected chi connectivity index (χ3v) is 7.26. The number of para-hydroxylation sites is 1. The van der Waals surface area contributed by atoms with Crippen LogP contribution in [-0.2, 0) is 19.4 Å². The molecule has 2 N–H and O–H groups in total. The number of hydrogen-bond acceptors (Lipinski definition) is 3. The highest BCUT2D eigenvalue weighted by molar-refractivity contribution is 6.07. The first-order valence-corrected chi connectivity index (χ1v) is 12.0. The summed E-state index contributed by atoms with van der Waals surface area (Å²) in [7, 11) is 1.47. The molecule has 6 heteroatoms. The average molecular weight is 450 g/mol. The number of piperidine rings is 1. The number of likely N-dealkylation sites (tertiary alicyclic amines) is 1. The number of aryl methyl sites for hydroxylation is 1. The number of amides is 1. The van der Waals surface area contributed by atoms with Crippen molar-refractivity contribution >= 4 is 16.8 Å². The Morgan fingerprint density at radius 2 is 2.03 bits per heavy atom. The monoisotopic (exact) mass is 449 g/mol. The van der Waals surface area contributed by atoms with Crippen LogP contribution in [0.2, 0.25) is 0 Å². The minimum Gasteiger partial charge on any atom is -0.494 e. The van der Waals surface area contributed by atoms with Gasteiger partial charge in [0.15, 0.2) is 11.6 Å². The normalized spacial score (nSPS) is 19.4. The molecule has 0 saturated carbocycles. The van der Waals surface area contributed by atoms with Crippen molar-refractivity contribution in [2.75, 3.05) is 20.2 Å². The lowest BCUT2D eigenvalue weighted by Gasteiger charge is -2.32. The summed E-state index contributed by atoms with van der Waals surface area (Å²) in [6.07, 6.45) is 5.11. The van der Waals surface area contributed by atoms with Crippen LogP contribution in [0.25, 0.3) is 10.9 Å². The lowest BCUT2D eigenvalue weighted by Crippen LogP contribution is -2.44. The van der Waals surface area contributed by atoms with E-state index < -0.39 is 0 Å². The molecule has 1 aliphatic carbocycles. The first-order valence-electron chi connectivity index (χ1n) is 12.0. The van der Waals surface area contributed by atoms with Crippen LogP contribution >= 0.6 is 0 Å². The smallest absolute Gasteiger partial charge is 0.253 e. The summed E-state index contributed by atoms with van der Waals surface area (Å²) in [6, 6.07) is 11.4. The predicted octanol–water partition coefficient (Wildman–Crippen LogP) is 4.83. The second-order valence-electron chi connectivity index (χ2n) is 9.65. The van der Waals surface area contributed by atoms with Crippen molar-refractivity contribution in [2.45, 2.75) is 51.6 Å². The van der Waals surface area contributed by atoms with Crippen molar-refractivity contribution < 1.29 is 13.9 Å². The first-order chi connectivity index (χ1) is 16.0. The van der Waals surface area contributed by atoms with Gasteiger partial charge in [-0.25, -0.2) is 4.39 Å². The Morgan fingerprint density at radius 1 is 1.21 bits per heavy atom. The number of H-pyrrole nitrogens is 1. The van der Waals surface area contributed by atoms with Crippen molar-refractivity contribution in [2.24, 2.45) is 5.92 Å². The molecule has 3 aromatic rings. The average Bonchev–Trinajstić information content (AvgIpc) is 3.18. The van der Waals surface area contributed by atoms with Gasteiger partial charge in [0.2, 0.25) is 0 Å². The van der Waals surface area contributed by atoms with Crippen LogP contribution in [0, 0.1) is 11.7 Å². The number of aromatic nitrogens is 1. The Hall–Kier alpha value is -2.86. The van der Waals surface area contributed by atoms with Crippen molar-refractivity contribution in [3.8, 4) is 5.75 Å². The number of carbonyl (C=O) groups excluding carboxylic acids is 1. The number of nitrogens with zero attached hydrogens (tertiary/aromatic N) is 1. The van der Waals surface area contributed by atoms with Crippen molar-refractivity contribution in [1.82, 2.24) is 15.2 Å². The van der Waals surface area contributed by atoms with Crippen molar-refractivity contribution in [3.05, 3.63) is 64.6 Å². The quantitative estimate of drug-likeness (QED) is 0.586. The summed E-state index contributed by atoms with van der Waals surface area (Å²) < 4.78 is 19.0. The van der Waals surface area contributed by atoms with Gasteiger partial charge in [0.05, 0.1) is 18.2 Å². The standard InChI is InChI=1S/C27H32FN3O2/c1-17-6-8-24-22(14-17)20-4-3-5-21(26(20)30-24)27(32)29-19-10-12-31(13-11-19)16-18-7-9-25(33-2)23(28)15-18/h3-5,7,9,15,17,19,30H,6,8,10-14,16H2,1-2H3,(H,29,32). The summed E-state index contributed by atoms with van der Waals surface area (Å²) in [4.78, 5) is 19.0. The summed E-state index contributed by atoms with van der Waals surface area (Å²) in [5.74, 6) is 0.635. The van der Waals surface area contributed by atoms with Crippen LogP contribution in [0.3, 0.4) is 0 Å². The SMILES string of the molecule is COc1ccc(CN2CCC(NC(=O)c3cccc4c5c([nH]c34)CCC(C)C5)CC2)cc1F. The summed E-state index contributed by atoms with van der Waals surface area (Å²) in [5.41, 5.74) is 5.35. The molecule has 1 atom stereocenters. The number of ether oxygens (including phenoxy) is 1. The van der Waals surface area contributed by atoms with Gasteiger partial charge in [-0.3, -0.25) is 9.69 Å². The number of fused-ring (bicyclic) bond motifs is 3. The Bertz CT molecular complexity index is 1160. The van der Waals surface area contributed by atoms with Gasteiger partial charge in [-0.1, -0.05) is 25.1 Å². The highest BCUT2D eigenvalue weighted by Crippen LogP contribution is 2.33. The van der Waals surface area contributed by atoms with Gasteiger partial charge < -0.3 is 15.0 Å². The Balaban J connectivity index is 1.21. The molecule has 1 aliphatic heterocycles. The molecule has 2 aromatic carbocycles. The van der Waals surface area contributed by atoms with E-state index in [1.165, 1.54) is 30.2 Å². The molecule has 1 fully saturated rings. The van der Waals surface area contributed by atoms with E-state index in [4.69, 9.17) is 4.74 Å². The molecule has 1 unspecified atom stereocenters. The van der Waals surface area contributed by atoms with E-state index in [2.05, 4.69) is 28.2 Å². The molecule has 0 bridgehead atoms. The van der Waals surface area contributed by atoms with Crippen LogP contribution in [-0.4, -0.2) is 42.0 Å². The van der Waals surface area contributed by atoms with Gasteiger partial charge in [-0.2, -0.15) is 0 Å². The van der Waals surface area contributed by atoms with E-state index in [0.717, 1.165) is 55.4 Å². The molecule has 0 spiro atoms. The van der Waals surface area contributed by atoms with Crippen LogP contribution in [0.1, 0.15) is 53.4 Å². The Labute approximate surface area is 194 Å². The second-order valence-corrected chi connectivity index (χ2v) is 9.65. The molecule has 0 radical (unpaired) electrons. The van der Waals surface area contributed by atoms with Crippen molar-refractivity contribution in [3.63, 3.8) is 0 Å². The highest BCUT2D eigenvalue weighted by atomic mass is 19.1. The predicted molar refractivity (Wildman–Crippen MR) is 128 cm³/mol. The van der Waals surface area contributed by atoms with Crippen LogP contribution in [0.15, 0.2) is 36.4 Å². The largest absolute Gasteiger partial charge is 0.494 e. The van der Waals surface area contributed by atoms with Gasteiger partial charge in [-0.15, -0.1) is 0 Å². The van der Waals surface area contributed by atoms with Crippen LogP contribution in [0.5, 0.6) is 5.75 Å². The van der Waals surface area contributed by atoms with E-state index in [9.17, 15) is 9.18 Å². The van der Waals surface area contributed by atoms with E-state index in [1.54, 1.807) is 12.1 Å². The van der Waals surface area contributed by atoms with Gasteiger partial charge in [0.1, 0.15) is 0 Å². The minimum absolute atomic E-state index is 0.00270.